The van der Waals surface area contributed by atoms with Crippen molar-refractivity contribution >= 4 is 13.4 Å². The molecule has 1 saturated heterocycles. The normalized spacial score (nSPS) is 34.8. The summed E-state index contributed by atoms with van der Waals surface area (Å²) in [5.41, 5.74) is -0.704. The molecule has 4 atom stereocenters. The van der Waals surface area contributed by atoms with Gasteiger partial charge in [-0.15, -0.1) is 0 Å². The molecular weight excluding hydrogens is 398 g/mol. The van der Waals surface area contributed by atoms with E-state index >= 15 is 4.39 Å². The predicted octanol–water partition coefficient (Wildman–Crippen LogP) is 3.43. The number of ether oxygens (including phenoxy) is 3. The lowest BCUT2D eigenvalue weighted by atomic mass is 9.90. The van der Waals surface area contributed by atoms with Crippen molar-refractivity contribution in [1.82, 2.24) is 9.34 Å². The Morgan fingerprint density at radius 1 is 1.07 bits per heavy atom. The second-order valence-corrected chi connectivity index (χ2v) is 12.2. The first-order valence-electron chi connectivity index (χ1n) is 10.6. The zero-order chi connectivity index (χ0) is 21.4. The molecule has 1 aliphatic heterocycles. The Bertz CT molecular complexity index is 629. The summed E-state index contributed by atoms with van der Waals surface area (Å²) >= 11 is 0. The summed E-state index contributed by atoms with van der Waals surface area (Å²) in [6.45, 7) is 6.81. The second-order valence-electron chi connectivity index (χ2n) is 9.38. The summed E-state index contributed by atoms with van der Waals surface area (Å²) < 4.78 is 50.5. The van der Waals surface area contributed by atoms with E-state index in [0.717, 1.165) is 25.7 Å². The fraction of sp³-hybridized carbons (Fsp3) is 0.950. The first-order chi connectivity index (χ1) is 13.6. The Hall–Kier alpha value is -0.530. The van der Waals surface area contributed by atoms with E-state index < -0.39 is 30.3 Å². The van der Waals surface area contributed by atoms with E-state index in [1.807, 2.05) is 9.34 Å². The quantitative estimate of drug-likeness (QED) is 0.428. The summed E-state index contributed by atoms with van der Waals surface area (Å²) in [5.74, 6) is -1.58. The number of halogens is 1. The summed E-state index contributed by atoms with van der Waals surface area (Å²) in [4.78, 5) is 12.6. The van der Waals surface area contributed by atoms with Crippen molar-refractivity contribution in [2.24, 2.45) is 5.92 Å². The van der Waals surface area contributed by atoms with Crippen molar-refractivity contribution in [3.05, 3.63) is 0 Å². The highest BCUT2D eigenvalue weighted by molar-refractivity contribution is 7.61. The van der Waals surface area contributed by atoms with Crippen LogP contribution in [0.25, 0.3) is 0 Å². The Morgan fingerprint density at radius 2 is 1.55 bits per heavy atom. The molecule has 0 amide bonds. The van der Waals surface area contributed by atoms with Gasteiger partial charge in [0.05, 0.1) is 13.2 Å². The minimum atomic E-state index is -3.66. The molecule has 2 saturated carbocycles. The van der Waals surface area contributed by atoms with Crippen molar-refractivity contribution in [1.29, 1.82) is 0 Å². The molecule has 0 aromatic carbocycles. The first kappa shape index (κ1) is 23.1. The van der Waals surface area contributed by atoms with E-state index in [-0.39, 0.29) is 18.5 Å². The lowest BCUT2D eigenvalue weighted by Crippen LogP contribution is -2.41. The molecule has 3 fully saturated rings. The Labute approximate surface area is 173 Å². The van der Waals surface area contributed by atoms with Crippen LogP contribution in [-0.4, -0.2) is 78.9 Å². The molecular formula is C20H36FN2O5P. The molecule has 0 spiro atoms. The molecule has 0 aromatic heterocycles. The number of alkyl halides is 1. The number of esters is 1. The van der Waals surface area contributed by atoms with E-state index in [4.69, 9.17) is 14.2 Å². The van der Waals surface area contributed by atoms with Crippen LogP contribution in [0.1, 0.15) is 52.9 Å². The zero-order valence-electron chi connectivity index (χ0n) is 18.4. The van der Waals surface area contributed by atoms with Gasteiger partial charge in [-0.05, 0) is 33.6 Å². The van der Waals surface area contributed by atoms with Gasteiger partial charge in [0.2, 0.25) is 5.41 Å². The summed E-state index contributed by atoms with van der Waals surface area (Å²) in [7, 11) is -0.482. The molecule has 0 unspecified atom stereocenters. The maximum atomic E-state index is 16.3. The lowest BCUT2D eigenvalue weighted by Gasteiger charge is -2.35. The molecule has 0 radical (unpaired) electrons. The van der Waals surface area contributed by atoms with Crippen LogP contribution < -0.4 is 0 Å². The van der Waals surface area contributed by atoms with Gasteiger partial charge < -0.3 is 14.2 Å². The highest BCUT2D eigenvalue weighted by Gasteiger charge is 2.77. The van der Waals surface area contributed by atoms with Crippen molar-refractivity contribution in [2.45, 2.75) is 76.0 Å². The topological polar surface area (TPSA) is 68.3 Å². The lowest BCUT2D eigenvalue weighted by molar-refractivity contribution is -0.157. The van der Waals surface area contributed by atoms with Gasteiger partial charge in [0.25, 0.3) is 7.44 Å². The maximum Gasteiger partial charge on any atom is 0.313 e. The highest BCUT2D eigenvalue weighted by Crippen LogP contribution is 2.80. The SMILES string of the molecule is COCCN1[C@@H]2CCCC[C@H]2N(CCOC)P1(=O)[C@]1(F)C[C@@H]1C(=O)OC(C)(C)C. The number of fused-ring (bicyclic) bond motifs is 1. The second kappa shape index (κ2) is 8.54. The van der Waals surface area contributed by atoms with Crippen LogP contribution in [0.4, 0.5) is 4.39 Å². The zero-order valence-corrected chi connectivity index (χ0v) is 19.3. The molecule has 2 aliphatic carbocycles. The summed E-state index contributed by atoms with van der Waals surface area (Å²) in [6.07, 6.45) is 3.80. The largest absolute Gasteiger partial charge is 0.460 e. The van der Waals surface area contributed by atoms with Crippen LogP contribution in [0.3, 0.4) is 0 Å². The number of carbonyl (C=O) groups is 1. The standard InChI is InChI=1S/C20H36FN2O5P/c1-19(2,3)28-18(24)15-14-20(15,21)29(25)22(10-12-26-4)16-8-6-7-9-17(16)23(29)11-13-27-5/h15-17H,6-14H2,1-5H3/t15-,16-,17-,20-/m1/s1. The van der Waals surface area contributed by atoms with Gasteiger partial charge in [-0.25, -0.2) is 13.7 Å². The van der Waals surface area contributed by atoms with Gasteiger partial charge in [0.1, 0.15) is 11.5 Å². The average molecular weight is 434 g/mol. The van der Waals surface area contributed by atoms with Crippen LogP contribution in [0.2, 0.25) is 0 Å². The van der Waals surface area contributed by atoms with Gasteiger partial charge in [-0.3, -0.25) is 9.36 Å². The van der Waals surface area contributed by atoms with Crippen LogP contribution in [-0.2, 0) is 23.6 Å². The Morgan fingerprint density at radius 3 is 1.97 bits per heavy atom. The number of carbonyl (C=O) groups excluding carboxylic acids is 1. The number of nitrogens with zero attached hydrogens (tertiary/aromatic N) is 2. The molecule has 0 bridgehead atoms. The molecule has 168 valence electrons. The van der Waals surface area contributed by atoms with Gasteiger partial charge >= 0.3 is 5.97 Å². The van der Waals surface area contributed by atoms with E-state index in [1.165, 1.54) is 0 Å². The highest BCUT2D eigenvalue weighted by atomic mass is 31.2. The number of hydrogen-bond donors (Lipinski definition) is 0. The third-order valence-corrected chi connectivity index (χ3v) is 10.1. The third-order valence-electron chi connectivity index (χ3n) is 6.24. The molecule has 7 nitrogen and oxygen atoms in total. The fourth-order valence-corrected chi connectivity index (χ4v) is 9.05. The number of rotatable bonds is 8. The van der Waals surface area contributed by atoms with E-state index in [9.17, 15) is 9.36 Å². The maximum absolute atomic E-state index is 16.3. The Balaban J connectivity index is 1.94. The third kappa shape index (κ3) is 4.16. The molecule has 9 heteroatoms. The number of hydrogen-bond acceptors (Lipinski definition) is 5. The average Bonchev–Trinajstić information content (AvgIpc) is 3.29. The van der Waals surface area contributed by atoms with Crippen molar-refractivity contribution in [3.8, 4) is 0 Å². The van der Waals surface area contributed by atoms with Gasteiger partial charge in [-0.1, -0.05) is 12.8 Å². The molecule has 3 rings (SSSR count). The molecule has 29 heavy (non-hydrogen) atoms. The molecule has 0 N–H and O–H groups in total. The first-order valence-corrected chi connectivity index (χ1v) is 12.3. The molecule has 3 aliphatic rings. The molecule has 0 aromatic rings. The van der Waals surface area contributed by atoms with Crippen LogP contribution in [0.5, 0.6) is 0 Å². The minimum Gasteiger partial charge on any atom is -0.460 e. The Kier molecular flexibility index (Phi) is 6.82. The number of methoxy groups -OCH3 is 2. The monoisotopic (exact) mass is 434 g/mol. The predicted molar refractivity (Wildman–Crippen MR) is 109 cm³/mol. The van der Waals surface area contributed by atoms with Crippen molar-refractivity contribution in [2.75, 3.05) is 40.5 Å². The van der Waals surface area contributed by atoms with Crippen LogP contribution in [0, 0.1) is 5.92 Å². The van der Waals surface area contributed by atoms with Crippen LogP contribution >= 0.6 is 7.44 Å². The van der Waals surface area contributed by atoms with E-state index in [1.54, 1.807) is 35.0 Å². The summed E-state index contributed by atoms with van der Waals surface area (Å²) in [6, 6.07) is 0.0446. The van der Waals surface area contributed by atoms with Crippen LogP contribution in [0.15, 0.2) is 0 Å². The van der Waals surface area contributed by atoms with E-state index in [0.29, 0.717) is 26.3 Å². The smallest absolute Gasteiger partial charge is 0.313 e. The van der Waals surface area contributed by atoms with Gasteiger partial charge in [0.15, 0.2) is 0 Å². The van der Waals surface area contributed by atoms with Crippen molar-refractivity contribution in [3.63, 3.8) is 0 Å². The summed E-state index contributed by atoms with van der Waals surface area (Å²) in [5, 5.41) is -2.08. The fourth-order valence-electron chi connectivity index (χ4n) is 4.92. The van der Waals surface area contributed by atoms with Crippen molar-refractivity contribution < 1.29 is 28.0 Å². The molecule has 1 heterocycles. The minimum absolute atomic E-state index is 0.0223. The van der Waals surface area contributed by atoms with E-state index in [2.05, 4.69) is 0 Å². The van der Waals surface area contributed by atoms with Gasteiger partial charge in [-0.2, -0.15) is 0 Å². The van der Waals surface area contributed by atoms with Gasteiger partial charge in [0, 0.05) is 45.8 Å².